The molecule has 45 heavy (non-hydrogen) atoms. The van der Waals surface area contributed by atoms with Gasteiger partial charge in [0, 0.05) is 60.4 Å². The number of nitrogens with zero attached hydrogens (tertiary/aromatic N) is 2. The van der Waals surface area contributed by atoms with Crippen molar-refractivity contribution in [1.29, 1.82) is 0 Å². The number of benzene rings is 2. The number of ether oxygens (including phenoxy) is 2. The number of fused-ring (bicyclic) bond motifs is 1. The quantitative estimate of drug-likeness (QED) is 0.283. The lowest BCUT2D eigenvalue weighted by Gasteiger charge is -2.56. The molecule has 240 valence electrons. The van der Waals surface area contributed by atoms with Gasteiger partial charge in [0.05, 0.1) is 30.6 Å². The Morgan fingerprint density at radius 2 is 1.84 bits per heavy atom. The first kappa shape index (κ1) is 31.1. The van der Waals surface area contributed by atoms with Crippen LogP contribution in [0.3, 0.4) is 0 Å². The monoisotopic (exact) mass is 623 g/mol. The van der Waals surface area contributed by atoms with Crippen molar-refractivity contribution in [3.8, 4) is 17.6 Å². The molecule has 0 atom stereocenters. The van der Waals surface area contributed by atoms with Gasteiger partial charge >= 0.3 is 6.18 Å². The van der Waals surface area contributed by atoms with Gasteiger partial charge in [-0.1, -0.05) is 12.0 Å². The molecule has 0 unspecified atom stereocenters. The molecule has 11 heteroatoms. The fourth-order valence-electron chi connectivity index (χ4n) is 7.13. The minimum absolute atomic E-state index is 0.153. The zero-order valence-corrected chi connectivity index (χ0v) is 25.5. The first-order valence-corrected chi connectivity index (χ1v) is 15.6. The molecule has 2 aliphatic heterocycles. The molecule has 3 aliphatic rings. The first-order valence-electron chi connectivity index (χ1n) is 15.6. The second-order valence-corrected chi connectivity index (χ2v) is 12.6. The van der Waals surface area contributed by atoms with E-state index >= 15 is 0 Å². The number of rotatable bonds is 8. The number of alkyl halides is 3. The summed E-state index contributed by atoms with van der Waals surface area (Å²) < 4.78 is 53.2. The molecule has 1 aliphatic carbocycles. The second kappa shape index (κ2) is 12.9. The number of nitrogens with two attached hydrogens (primary N) is 1. The van der Waals surface area contributed by atoms with Crippen molar-refractivity contribution in [1.82, 2.24) is 9.47 Å². The zero-order valence-electron chi connectivity index (χ0n) is 25.5. The van der Waals surface area contributed by atoms with Crippen LogP contribution in [0, 0.1) is 17.3 Å². The lowest BCUT2D eigenvalue weighted by atomic mass is 9.71. The highest BCUT2D eigenvalue weighted by molar-refractivity contribution is 5.94. The molecule has 1 amide bonds. The lowest BCUT2D eigenvalue weighted by Crippen LogP contribution is -2.62. The standard InChI is InChI=1S/C34H40F3N5O3/c1-44-31-18-23(32(38)43)7-12-29(31)39-15-3-4-26-19-27-28(5-2-6-30(27)42(26)22-34(35,36)37)40-24-8-10-25(11-9-24)41-20-33(21-41)13-16-45-17-14-33/h2,5-7,12,18-19,24-25,39-40H,8-11,13-17,20-22H2,1H3,(H2,38,43). The predicted molar refractivity (Wildman–Crippen MR) is 169 cm³/mol. The molecule has 0 radical (unpaired) electrons. The number of hydrogen-bond donors (Lipinski definition) is 3. The molecule has 4 N–H and O–H groups in total. The van der Waals surface area contributed by atoms with E-state index in [0.717, 1.165) is 50.0 Å². The van der Waals surface area contributed by atoms with Gasteiger partial charge in [-0.25, -0.2) is 0 Å². The summed E-state index contributed by atoms with van der Waals surface area (Å²) in [6.07, 6.45) is 2.23. The molecular weight excluding hydrogens is 583 g/mol. The van der Waals surface area contributed by atoms with Crippen LogP contribution in [-0.4, -0.2) is 73.6 Å². The number of aromatic nitrogens is 1. The van der Waals surface area contributed by atoms with Crippen molar-refractivity contribution in [3.05, 3.63) is 53.7 Å². The normalized spacial score (nSPS) is 21.5. The average molecular weight is 624 g/mol. The molecule has 8 nitrogen and oxygen atoms in total. The molecule has 3 fully saturated rings. The number of carbonyl (C=O) groups excluding carboxylic acids is 1. The maximum absolute atomic E-state index is 13.7. The van der Waals surface area contributed by atoms with Crippen LogP contribution in [0.2, 0.25) is 0 Å². The van der Waals surface area contributed by atoms with E-state index in [2.05, 4.69) is 27.4 Å². The summed E-state index contributed by atoms with van der Waals surface area (Å²) in [6, 6.07) is 12.8. The number of anilines is 2. The van der Waals surface area contributed by atoms with E-state index in [4.69, 9.17) is 15.2 Å². The minimum Gasteiger partial charge on any atom is -0.495 e. The van der Waals surface area contributed by atoms with Crippen molar-refractivity contribution in [3.63, 3.8) is 0 Å². The average Bonchev–Trinajstić information content (AvgIpc) is 3.35. The van der Waals surface area contributed by atoms with Gasteiger partial charge in [0.1, 0.15) is 12.3 Å². The minimum atomic E-state index is -4.40. The SMILES string of the molecule is COc1cc(C(N)=O)ccc1NCC#Cc1cc2c(NC3CCC(N4CC5(CCOCC5)C4)CC3)cccc2n1CC(F)(F)F. The van der Waals surface area contributed by atoms with Crippen LogP contribution in [0.4, 0.5) is 24.5 Å². The number of nitrogens with one attached hydrogen (secondary N) is 2. The molecule has 3 aromatic rings. The molecule has 1 saturated carbocycles. The maximum atomic E-state index is 13.7. The third kappa shape index (κ3) is 7.02. The Hall–Kier alpha value is -3.88. The number of primary amides is 1. The Labute approximate surface area is 261 Å². The summed E-state index contributed by atoms with van der Waals surface area (Å²) in [5, 5.41) is 7.49. The van der Waals surface area contributed by atoms with E-state index in [1.807, 2.05) is 6.07 Å². The Bertz CT molecular complexity index is 1590. The highest BCUT2D eigenvalue weighted by Crippen LogP contribution is 2.43. The summed E-state index contributed by atoms with van der Waals surface area (Å²) >= 11 is 0. The Morgan fingerprint density at radius 1 is 1.09 bits per heavy atom. The Morgan fingerprint density at radius 3 is 2.53 bits per heavy atom. The third-order valence-electron chi connectivity index (χ3n) is 9.56. The summed E-state index contributed by atoms with van der Waals surface area (Å²) in [5.41, 5.74) is 8.32. The van der Waals surface area contributed by atoms with Gasteiger partial charge in [0.15, 0.2) is 0 Å². The number of methoxy groups -OCH3 is 1. The number of hydrogen-bond acceptors (Lipinski definition) is 6. The van der Waals surface area contributed by atoms with Gasteiger partial charge in [-0.2, -0.15) is 13.2 Å². The number of halogens is 3. The lowest BCUT2D eigenvalue weighted by molar-refractivity contribution is -0.140. The van der Waals surface area contributed by atoms with Gasteiger partial charge < -0.3 is 30.4 Å². The molecule has 2 saturated heterocycles. The van der Waals surface area contributed by atoms with E-state index in [0.29, 0.717) is 34.0 Å². The van der Waals surface area contributed by atoms with Crippen molar-refractivity contribution in [2.24, 2.45) is 11.1 Å². The van der Waals surface area contributed by atoms with Crippen LogP contribution in [0.1, 0.15) is 54.6 Å². The van der Waals surface area contributed by atoms with E-state index in [-0.39, 0.29) is 18.3 Å². The smallest absolute Gasteiger partial charge is 0.406 e. The second-order valence-electron chi connectivity index (χ2n) is 12.6. The van der Waals surface area contributed by atoms with E-state index in [1.54, 1.807) is 30.3 Å². The summed E-state index contributed by atoms with van der Waals surface area (Å²) in [4.78, 5) is 14.1. The highest BCUT2D eigenvalue weighted by atomic mass is 19.4. The fourth-order valence-corrected chi connectivity index (χ4v) is 7.13. The topological polar surface area (TPSA) is 93.8 Å². The largest absolute Gasteiger partial charge is 0.495 e. The van der Waals surface area contributed by atoms with Crippen LogP contribution >= 0.6 is 0 Å². The highest BCUT2D eigenvalue weighted by Gasteiger charge is 2.46. The van der Waals surface area contributed by atoms with Crippen LogP contribution in [0.25, 0.3) is 10.9 Å². The van der Waals surface area contributed by atoms with Crippen molar-refractivity contribution in [2.75, 3.05) is 50.6 Å². The Balaban J connectivity index is 1.13. The van der Waals surface area contributed by atoms with Gasteiger partial charge in [0.25, 0.3) is 0 Å². The van der Waals surface area contributed by atoms with Crippen molar-refractivity contribution < 1.29 is 27.4 Å². The van der Waals surface area contributed by atoms with Crippen molar-refractivity contribution in [2.45, 2.75) is 63.3 Å². The van der Waals surface area contributed by atoms with Crippen LogP contribution in [-0.2, 0) is 11.3 Å². The molecule has 1 spiro atoms. The van der Waals surface area contributed by atoms with Gasteiger partial charge in [-0.15, -0.1) is 0 Å². The van der Waals surface area contributed by atoms with Gasteiger partial charge in [-0.05, 0) is 80.8 Å². The number of likely N-dealkylation sites (tertiary alicyclic amines) is 1. The van der Waals surface area contributed by atoms with Gasteiger partial charge in [0.2, 0.25) is 5.91 Å². The molecule has 3 heterocycles. The van der Waals surface area contributed by atoms with Crippen LogP contribution in [0.5, 0.6) is 5.75 Å². The predicted octanol–water partition coefficient (Wildman–Crippen LogP) is 5.61. The maximum Gasteiger partial charge on any atom is 0.406 e. The van der Waals surface area contributed by atoms with E-state index in [1.165, 1.54) is 43.7 Å². The van der Waals surface area contributed by atoms with Crippen molar-refractivity contribution >= 4 is 28.2 Å². The molecule has 0 bridgehead atoms. The number of amides is 1. The zero-order chi connectivity index (χ0) is 31.6. The Kier molecular flexibility index (Phi) is 8.89. The van der Waals surface area contributed by atoms with Gasteiger partial charge in [-0.3, -0.25) is 9.69 Å². The fraction of sp³-hybridized carbons (Fsp3) is 0.500. The summed E-state index contributed by atoms with van der Waals surface area (Å²) in [7, 11) is 1.47. The number of carbonyl (C=O) groups is 1. The molecule has 2 aromatic carbocycles. The summed E-state index contributed by atoms with van der Waals surface area (Å²) in [6.45, 7) is 3.15. The third-order valence-corrected chi connectivity index (χ3v) is 9.56. The van der Waals surface area contributed by atoms with Crippen LogP contribution < -0.4 is 21.1 Å². The molecule has 1 aromatic heterocycles. The molecule has 6 rings (SSSR count). The van der Waals surface area contributed by atoms with E-state index < -0.39 is 18.6 Å². The first-order chi connectivity index (χ1) is 21.6. The molecular formula is C34H40F3N5O3. The summed E-state index contributed by atoms with van der Waals surface area (Å²) in [5.74, 6) is 5.73. The van der Waals surface area contributed by atoms with E-state index in [9.17, 15) is 18.0 Å². The van der Waals surface area contributed by atoms with Crippen LogP contribution in [0.15, 0.2) is 42.5 Å².